The average molecular weight is 448 g/mol. The summed E-state index contributed by atoms with van der Waals surface area (Å²) in [5.74, 6) is 0.226. The largest absolute Gasteiger partial charge is 0.351 e. The molecule has 0 radical (unpaired) electrons. The van der Waals surface area contributed by atoms with Crippen molar-refractivity contribution in [2.24, 2.45) is 0 Å². The zero-order chi connectivity index (χ0) is 22.3. The molecule has 6 nitrogen and oxygen atoms in total. The fourth-order valence-electron chi connectivity index (χ4n) is 3.13. The molecular weight excluding hydrogens is 425 g/mol. The first kappa shape index (κ1) is 21.7. The molecule has 8 heteroatoms. The zero-order valence-corrected chi connectivity index (χ0v) is 18.3. The summed E-state index contributed by atoms with van der Waals surface area (Å²) in [6.07, 6.45) is 4.05. The SMILES string of the molecule is CCC(Sc1nc(Nc2ccc(F)cc2)c2ccccc2n1)C(=O)NCc1cccnc1. The van der Waals surface area contributed by atoms with Crippen molar-refractivity contribution >= 4 is 40.1 Å². The Morgan fingerprint density at radius 3 is 2.62 bits per heavy atom. The number of hydrogen-bond acceptors (Lipinski definition) is 6. The molecule has 0 spiro atoms. The molecule has 0 saturated carbocycles. The van der Waals surface area contributed by atoms with Gasteiger partial charge in [0.25, 0.3) is 0 Å². The van der Waals surface area contributed by atoms with E-state index in [2.05, 4.69) is 25.6 Å². The minimum absolute atomic E-state index is 0.0776. The van der Waals surface area contributed by atoms with Crippen LogP contribution in [0.4, 0.5) is 15.9 Å². The van der Waals surface area contributed by atoms with Gasteiger partial charge in [-0.2, -0.15) is 0 Å². The van der Waals surface area contributed by atoms with Crippen molar-refractivity contribution in [3.05, 3.63) is 84.4 Å². The summed E-state index contributed by atoms with van der Waals surface area (Å²) in [7, 11) is 0. The van der Waals surface area contributed by atoms with E-state index >= 15 is 0 Å². The van der Waals surface area contributed by atoms with Crippen molar-refractivity contribution in [1.82, 2.24) is 20.3 Å². The van der Waals surface area contributed by atoms with Crippen LogP contribution in [0.5, 0.6) is 0 Å². The number of nitrogens with zero attached hydrogens (tertiary/aromatic N) is 3. The van der Waals surface area contributed by atoms with Crippen LogP contribution in [-0.2, 0) is 11.3 Å². The molecule has 2 aromatic carbocycles. The van der Waals surface area contributed by atoms with Gasteiger partial charge in [0.15, 0.2) is 5.16 Å². The number of anilines is 2. The van der Waals surface area contributed by atoms with Crippen LogP contribution in [0, 0.1) is 5.82 Å². The number of benzene rings is 2. The third-order valence-corrected chi connectivity index (χ3v) is 6.02. The van der Waals surface area contributed by atoms with Crippen molar-refractivity contribution in [2.75, 3.05) is 5.32 Å². The minimum atomic E-state index is -0.341. The van der Waals surface area contributed by atoms with E-state index in [4.69, 9.17) is 0 Å². The smallest absolute Gasteiger partial charge is 0.233 e. The van der Waals surface area contributed by atoms with Gasteiger partial charge < -0.3 is 10.6 Å². The fraction of sp³-hybridized carbons (Fsp3) is 0.167. The van der Waals surface area contributed by atoms with Crippen molar-refractivity contribution in [3.63, 3.8) is 0 Å². The number of aromatic nitrogens is 3. The second-order valence-corrected chi connectivity index (χ2v) is 8.27. The van der Waals surface area contributed by atoms with E-state index in [-0.39, 0.29) is 17.0 Å². The summed E-state index contributed by atoms with van der Waals surface area (Å²) in [6.45, 7) is 2.37. The first-order valence-electron chi connectivity index (χ1n) is 10.2. The van der Waals surface area contributed by atoms with Crippen molar-refractivity contribution < 1.29 is 9.18 Å². The Hall–Kier alpha value is -3.52. The summed E-state index contributed by atoms with van der Waals surface area (Å²) < 4.78 is 13.3. The lowest BCUT2D eigenvalue weighted by atomic mass is 10.2. The molecule has 0 aliphatic rings. The first-order chi connectivity index (χ1) is 15.6. The molecule has 2 aromatic heterocycles. The molecule has 1 amide bonds. The second kappa shape index (κ2) is 10.2. The Morgan fingerprint density at radius 1 is 1.06 bits per heavy atom. The molecule has 4 aromatic rings. The summed E-state index contributed by atoms with van der Waals surface area (Å²) in [5.41, 5.74) is 2.42. The number of halogens is 1. The minimum Gasteiger partial charge on any atom is -0.351 e. The molecule has 0 bridgehead atoms. The number of thioether (sulfide) groups is 1. The Kier molecular flexibility index (Phi) is 6.91. The standard InChI is InChI=1S/C24H22FN5OS/c1-2-21(23(31)27-15-16-6-5-13-26-14-16)32-24-29-20-8-4-3-7-19(20)22(30-24)28-18-11-9-17(25)10-12-18/h3-14,21H,2,15H2,1H3,(H,27,31)(H,28,29,30). The van der Waals surface area contributed by atoms with Crippen LogP contribution in [0.25, 0.3) is 10.9 Å². The third kappa shape index (κ3) is 5.39. The lowest BCUT2D eigenvalue weighted by Gasteiger charge is -2.15. The van der Waals surface area contributed by atoms with Gasteiger partial charge in [0.05, 0.1) is 10.8 Å². The number of hydrogen-bond donors (Lipinski definition) is 2. The van der Waals surface area contributed by atoms with E-state index in [1.165, 1.54) is 23.9 Å². The van der Waals surface area contributed by atoms with Gasteiger partial charge in [0, 0.05) is 30.0 Å². The molecule has 4 rings (SSSR count). The third-order valence-electron chi connectivity index (χ3n) is 4.79. The van der Waals surface area contributed by atoms with E-state index in [0.29, 0.717) is 29.6 Å². The highest BCUT2D eigenvalue weighted by atomic mass is 32.2. The summed E-state index contributed by atoms with van der Waals surface area (Å²) in [6, 6.07) is 17.5. The maximum atomic E-state index is 13.3. The van der Waals surface area contributed by atoms with Crippen molar-refractivity contribution in [3.8, 4) is 0 Å². The zero-order valence-electron chi connectivity index (χ0n) is 17.5. The molecule has 1 atom stereocenters. The summed E-state index contributed by atoms with van der Waals surface area (Å²) in [5, 5.41) is 7.20. The van der Waals surface area contributed by atoms with E-state index in [0.717, 1.165) is 16.5 Å². The molecule has 2 N–H and O–H groups in total. The van der Waals surface area contributed by atoms with Crippen molar-refractivity contribution in [1.29, 1.82) is 0 Å². The quantitative estimate of drug-likeness (QED) is 0.289. The molecule has 0 saturated heterocycles. The lowest BCUT2D eigenvalue weighted by Crippen LogP contribution is -2.32. The van der Waals surface area contributed by atoms with Crippen LogP contribution in [0.3, 0.4) is 0 Å². The van der Waals surface area contributed by atoms with Gasteiger partial charge in [0.2, 0.25) is 5.91 Å². The van der Waals surface area contributed by atoms with Gasteiger partial charge in [0.1, 0.15) is 11.6 Å². The Morgan fingerprint density at radius 2 is 1.88 bits per heavy atom. The highest BCUT2D eigenvalue weighted by Crippen LogP contribution is 2.29. The summed E-state index contributed by atoms with van der Waals surface area (Å²) >= 11 is 1.32. The molecule has 0 fully saturated rings. The maximum Gasteiger partial charge on any atom is 0.233 e. The number of pyridine rings is 1. The Labute approximate surface area is 189 Å². The Bertz CT molecular complexity index is 1200. The van der Waals surface area contributed by atoms with Gasteiger partial charge in [-0.05, 0) is 54.4 Å². The lowest BCUT2D eigenvalue weighted by molar-refractivity contribution is -0.120. The van der Waals surface area contributed by atoms with Gasteiger partial charge in [-0.15, -0.1) is 0 Å². The second-order valence-electron chi connectivity index (χ2n) is 7.10. The van der Waals surface area contributed by atoms with E-state index in [9.17, 15) is 9.18 Å². The maximum absolute atomic E-state index is 13.3. The highest BCUT2D eigenvalue weighted by Gasteiger charge is 2.20. The molecule has 0 aliphatic heterocycles. The van der Waals surface area contributed by atoms with Crippen molar-refractivity contribution in [2.45, 2.75) is 30.3 Å². The highest BCUT2D eigenvalue weighted by molar-refractivity contribution is 8.00. The van der Waals surface area contributed by atoms with Gasteiger partial charge in [-0.25, -0.2) is 14.4 Å². The van der Waals surface area contributed by atoms with Crippen LogP contribution >= 0.6 is 11.8 Å². The normalized spacial score (nSPS) is 11.8. The summed E-state index contributed by atoms with van der Waals surface area (Å²) in [4.78, 5) is 26.1. The van der Waals surface area contributed by atoms with Gasteiger partial charge >= 0.3 is 0 Å². The van der Waals surface area contributed by atoms with Gasteiger partial charge in [-0.3, -0.25) is 9.78 Å². The predicted octanol–water partition coefficient (Wildman–Crippen LogP) is 5.09. The first-order valence-corrected chi connectivity index (χ1v) is 11.1. The molecule has 32 heavy (non-hydrogen) atoms. The number of carbonyl (C=O) groups excluding carboxylic acids is 1. The number of amides is 1. The molecule has 2 heterocycles. The molecule has 162 valence electrons. The van der Waals surface area contributed by atoms with E-state index in [1.807, 2.05) is 43.3 Å². The van der Waals surface area contributed by atoms with Crippen LogP contribution < -0.4 is 10.6 Å². The molecule has 1 unspecified atom stereocenters. The van der Waals surface area contributed by atoms with E-state index < -0.39 is 0 Å². The number of rotatable bonds is 8. The topological polar surface area (TPSA) is 79.8 Å². The van der Waals surface area contributed by atoms with Crippen LogP contribution in [0.2, 0.25) is 0 Å². The van der Waals surface area contributed by atoms with Gasteiger partial charge in [-0.1, -0.05) is 36.9 Å². The molecular formula is C24H22FN5OS. The average Bonchev–Trinajstić information content (AvgIpc) is 2.83. The monoisotopic (exact) mass is 447 g/mol. The molecule has 0 aliphatic carbocycles. The number of para-hydroxylation sites is 1. The van der Waals surface area contributed by atoms with E-state index in [1.54, 1.807) is 24.5 Å². The predicted molar refractivity (Wildman–Crippen MR) is 125 cm³/mol. The van der Waals surface area contributed by atoms with Crippen LogP contribution in [0.1, 0.15) is 18.9 Å². The number of nitrogens with one attached hydrogen (secondary N) is 2. The fourth-order valence-corrected chi connectivity index (χ4v) is 4.03. The van der Waals surface area contributed by atoms with Crippen LogP contribution in [0.15, 0.2) is 78.2 Å². The Balaban J connectivity index is 1.54. The van der Waals surface area contributed by atoms with Crippen LogP contribution in [-0.4, -0.2) is 26.1 Å². The number of fused-ring (bicyclic) bond motifs is 1. The number of carbonyl (C=O) groups is 1.